The maximum absolute atomic E-state index is 12.5. The summed E-state index contributed by atoms with van der Waals surface area (Å²) in [6.45, 7) is 3.95. The lowest BCUT2D eigenvalue weighted by Crippen LogP contribution is -2.33. The van der Waals surface area contributed by atoms with Gasteiger partial charge in [0.2, 0.25) is 0 Å². The minimum atomic E-state index is -0.191. The Morgan fingerprint density at radius 2 is 2.18 bits per heavy atom. The first-order chi connectivity index (χ1) is 10.5. The lowest BCUT2D eigenvalue weighted by Gasteiger charge is -2.11. The van der Waals surface area contributed by atoms with Crippen LogP contribution in [0.15, 0.2) is 35.3 Å². The van der Waals surface area contributed by atoms with Crippen LogP contribution in [-0.2, 0) is 7.05 Å². The molecule has 6 nitrogen and oxygen atoms in total. The third-order valence-electron chi connectivity index (χ3n) is 3.93. The molecule has 0 aromatic carbocycles. The van der Waals surface area contributed by atoms with Crippen molar-refractivity contribution >= 4 is 22.6 Å². The highest BCUT2D eigenvalue weighted by Crippen LogP contribution is 2.15. The Morgan fingerprint density at radius 1 is 1.41 bits per heavy atom. The van der Waals surface area contributed by atoms with Crippen molar-refractivity contribution < 1.29 is 4.79 Å². The van der Waals surface area contributed by atoms with Crippen molar-refractivity contribution in [2.45, 2.75) is 26.3 Å². The number of carbonyl (C=O) groups is 1. The summed E-state index contributed by atoms with van der Waals surface area (Å²) in [5.41, 5.74) is 1.36. The van der Waals surface area contributed by atoms with Crippen molar-refractivity contribution in [2.75, 3.05) is 0 Å². The Bertz CT molecular complexity index is 923. The van der Waals surface area contributed by atoms with E-state index in [4.69, 9.17) is 0 Å². The van der Waals surface area contributed by atoms with Gasteiger partial charge >= 0.3 is 0 Å². The zero-order chi connectivity index (χ0) is 15.9. The average Bonchev–Trinajstić information content (AvgIpc) is 2.85. The summed E-state index contributed by atoms with van der Waals surface area (Å²) in [6, 6.07) is 7.07. The molecule has 0 saturated carbocycles. The molecule has 0 aliphatic heterocycles. The van der Waals surface area contributed by atoms with Crippen LogP contribution in [0, 0.1) is 0 Å². The van der Waals surface area contributed by atoms with E-state index < -0.39 is 0 Å². The molecule has 3 rings (SSSR count). The Labute approximate surface area is 127 Å². The lowest BCUT2D eigenvalue weighted by molar-refractivity contribution is 0.0931. The van der Waals surface area contributed by atoms with Gasteiger partial charge in [0.15, 0.2) is 0 Å². The third-order valence-corrected chi connectivity index (χ3v) is 3.93. The third kappa shape index (κ3) is 2.16. The minimum absolute atomic E-state index is 0.0821. The molecule has 1 unspecified atom stereocenters. The smallest absolute Gasteiger partial charge is 0.268 e. The number of aromatic nitrogens is 3. The van der Waals surface area contributed by atoms with Gasteiger partial charge in [0.05, 0.1) is 5.39 Å². The summed E-state index contributed by atoms with van der Waals surface area (Å²) in [7, 11) is 1.75. The average molecular weight is 298 g/mol. The first kappa shape index (κ1) is 14.3. The van der Waals surface area contributed by atoms with Gasteiger partial charge in [-0.1, -0.05) is 13.0 Å². The first-order valence-corrected chi connectivity index (χ1v) is 7.30. The van der Waals surface area contributed by atoms with E-state index >= 15 is 0 Å². The normalized spacial score (nSPS) is 12.7. The molecule has 1 atom stereocenters. The van der Waals surface area contributed by atoms with E-state index in [9.17, 15) is 9.59 Å². The van der Waals surface area contributed by atoms with Gasteiger partial charge in [-0.25, -0.2) is 4.98 Å². The fourth-order valence-corrected chi connectivity index (χ4v) is 2.44. The van der Waals surface area contributed by atoms with Crippen LogP contribution in [0.5, 0.6) is 0 Å². The van der Waals surface area contributed by atoms with Crippen LogP contribution >= 0.6 is 0 Å². The molecule has 0 saturated heterocycles. The molecular weight excluding hydrogens is 280 g/mol. The molecule has 22 heavy (non-hydrogen) atoms. The van der Waals surface area contributed by atoms with E-state index in [1.54, 1.807) is 36.0 Å². The van der Waals surface area contributed by atoms with Crippen LogP contribution in [-0.4, -0.2) is 25.9 Å². The number of hydrogen-bond donors (Lipinski definition) is 1. The van der Waals surface area contributed by atoms with Crippen molar-refractivity contribution in [2.24, 2.45) is 7.05 Å². The second-order valence-electron chi connectivity index (χ2n) is 5.45. The molecule has 3 heterocycles. The van der Waals surface area contributed by atoms with Crippen LogP contribution in [0.4, 0.5) is 0 Å². The van der Waals surface area contributed by atoms with Crippen LogP contribution in [0.3, 0.4) is 0 Å². The molecule has 0 bridgehead atoms. The zero-order valence-electron chi connectivity index (χ0n) is 12.8. The van der Waals surface area contributed by atoms with Gasteiger partial charge in [-0.2, -0.15) is 0 Å². The molecule has 3 aromatic heterocycles. The molecule has 0 aliphatic rings. The Morgan fingerprint density at radius 3 is 2.91 bits per heavy atom. The maximum atomic E-state index is 12.5. The van der Waals surface area contributed by atoms with Gasteiger partial charge in [0.1, 0.15) is 17.0 Å². The number of amides is 1. The first-order valence-electron chi connectivity index (χ1n) is 7.30. The molecule has 6 heteroatoms. The van der Waals surface area contributed by atoms with Crippen LogP contribution < -0.4 is 10.9 Å². The van der Waals surface area contributed by atoms with E-state index in [0.717, 1.165) is 6.42 Å². The quantitative estimate of drug-likeness (QED) is 0.800. The standard InChI is InChI=1S/C16H18N4O2/c1-4-10(2)17-15(21)12-9-11-14(19(12)3)18-13-7-5-6-8-20(13)16(11)22/h5-10H,4H2,1-3H3,(H,17,21). The highest BCUT2D eigenvalue weighted by molar-refractivity contribution is 5.98. The number of nitrogens with one attached hydrogen (secondary N) is 1. The van der Waals surface area contributed by atoms with E-state index in [-0.39, 0.29) is 17.5 Å². The number of aryl methyl sites for hydroxylation is 1. The van der Waals surface area contributed by atoms with Crippen molar-refractivity contribution in [3.05, 3.63) is 46.5 Å². The van der Waals surface area contributed by atoms with Crippen molar-refractivity contribution in [3.63, 3.8) is 0 Å². The second-order valence-corrected chi connectivity index (χ2v) is 5.45. The van der Waals surface area contributed by atoms with E-state index in [1.807, 2.05) is 19.9 Å². The maximum Gasteiger partial charge on any atom is 0.268 e. The molecule has 3 aromatic rings. The fraction of sp³-hybridized carbons (Fsp3) is 0.312. The number of hydrogen-bond acceptors (Lipinski definition) is 3. The summed E-state index contributed by atoms with van der Waals surface area (Å²) >= 11 is 0. The number of rotatable bonds is 3. The Kier molecular flexibility index (Phi) is 3.44. The predicted molar refractivity (Wildman–Crippen MR) is 85.2 cm³/mol. The van der Waals surface area contributed by atoms with Crippen molar-refractivity contribution in [1.82, 2.24) is 19.3 Å². The van der Waals surface area contributed by atoms with Crippen LogP contribution in [0.2, 0.25) is 0 Å². The summed E-state index contributed by atoms with van der Waals surface area (Å²) in [5.74, 6) is -0.191. The molecule has 1 amide bonds. The highest BCUT2D eigenvalue weighted by Gasteiger charge is 2.18. The van der Waals surface area contributed by atoms with Gasteiger partial charge in [-0.05, 0) is 31.5 Å². The number of nitrogens with zero attached hydrogens (tertiary/aromatic N) is 3. The largest absolute Gasteiger partial charge is 0.348 e. The molecule has 0 radical (unpaired) electrons. The molecular formula is C16H18N4O2. The minimum Gasteiger partial charge on any atom is -0.348 e. The summed E-state index contributed by atoms with van der Waals surface area (Å²) < 4.78 is 3.15. The van der Waals surface area contributed by atoms with Gasteiger partial charge < -0.3 is 9.88 Å². The van der Waals surface area contributed by atoms with Crippen molar-refractivity contribution in [1.29, 1.82) is 0 Å². The summed E-state index contributed by atoms with van der Waals surface area (Å²) in [5, 5.41) is 3.36. The number of fused-ring (bicyclic) bond motifs is 2. The fourth-order valence-electron chi connectivity index (χ4n) is 2.44. The predicted octanol–water partition coefficient (Wildman–Crippen LogP) is 1.71. The molecule has 0 fully saturated rings. The number of pyridine rings is 1. The number of carbonyl (C=O) groups excluding carboxylic acids is 1. The lowest BCUT2D eigenvalue weighted by atomic mass is 10.2. The van der Waals surface area contributed by atoms with Crippen molar-refractivity contribution in [3.8, 4) is 0 Å². The van der Waals surface area contributed by atoms with Gasteiger partial charge in [0.25, 0.3) is 11.5 Å². The monoisotopic (exact) mass is 298 g/mol. The zero-order valence-corrected chi connectivity index (χ0v) is 12.8. The van der Waals surface area contributed by atoms with Gasteiger partial charge in [-0.3, -0.25) is 14.0 Å². The Hall–Kier alpha value is -2.63. The SMILES string of the molecule is CCC(C)NC(=O)c1cc2c(=O)n3ccccc3nc2n1C. The van der Waals surface area contributed by atoms with Crippen LogP contribution in [0.25, 0.3) is 16.7 Å². The van der Waals surface area contributed by atoms with E-state index in [0.29, 0.717) is 22.4 Å². The topological polar surface area (TPSA) is 68.4 Å². The Balaban J connectivity index is 2.20. The van der Waals surface area contributed by atoms with Crippen LogP contribution in [0.1, 0.15) is 30.8 Å². The second kappa shape index (κ2) is 5.29. The molecule has 1 N–H and O–H groups in total. The molecule has 0 aliphatic carbocycles. The highest BCUT2D eigenvalue weighted by atomic mass is 16.2. The molecule has 114 valence electrons. The summed E-state index contributed by atoms with van der Waals surface area (Å²) in [4.78, 5) is 29.4. The van der Waals surface area contributed by atoms with E-state index in [2.05, 4.69) is 10.3 Å². The molecule has 0 spiro atoms. The van der Waals surface area contributed by atoms with Gasteiger partial charge in [-0.15, -0.1) is 0 Å². The van der Waals surface area contributed by atoms with E-state index in [1.165, 1.54) is 4.40 Å². The van der Waals surface area contributed by atoms with Gasteiger partial charge in [0, 0.05) is 19.3 Å². The summed E-state index contributed by atoms with van der Waals surface area (Å²) in [6.07, 6.45) is 2.52.